The summed E-state index contributed by atoms with van der Waals surface area (Å²) in [6.07, 6.45) is 90.8. The summed E-state index contributed by atoms with van der Waals surface area (Å²) in [5.41, 5.74) is 0. The molecule has 0 fully saturated rings. The summed E-state index contributed by atoms with van der Waals surface area (Å²) < 4.78 is 17.0. The summed E-state index contributed by atoms with van der Waals surface area (Å²) in [5, 5.41) is 0. The second-order valence-electron chi connectivity index (χ2n) is 25.5. The molecular weight excluding hydrogens is 1020 g/mol. The quantitative estimate of drug-likeness (QED) is 0.0261. The van der Waals surface area contributed by atoms with Crippen LogP contribution in [0.4, 0.5) is 0 Å². The predicted octanol–water partition coefficient (Wildman–Crippen LogP) is 25.9. The van der Waals surface area contributed by atoms with Crippen molar-refractivity contribution in [2.24, 2.45) is 0 Å². The van der Waals surface area contributed by atoms with Crippen molar-refractivity contribution in [1.82, 2.24) is 0 Å². The molecule has 1 atom stereocenters. The Labute approximate surface area is 518 Å². The van der Waals surface area contributed by atoms with E-state index in [1.54, 1.807) is 0 Å². The van der Waals surface area contributed by atoms with Crippen molar-refractivity contribution in [3.63, 3.8) is 0 Å². The second kappa shape index (κ2) is 72.1. The van der Waals surface area contributed by atoms with Crippen LogP contribution in [0.2, 0.25) is 0 Å². The third kappa shape index (κ3) is 70.3. The van der Waals surface area contributed by atoms with Crippen LogP contribution in [-0.4, -0.2) is 37.2 Å². The van der Waals surface area contributed by atoms with Crippen molar-refractivity contribution in [3.8, 4) is 0 Å². The minimum Gasteiger partial charge on any atom is -0.462 e. The molecular formula is C77H144O6. The smallest absolute Gasteiger partial charge is 0.306 e. The Morgan fingerprint density at radius 3 is 0.735 bits per heavy atom. The Balaban J connectivity index is 4.08. The van der Waals surface area contributed by atoms with Gasteiger partial charge in [-0.05, 0) is 51.4 Å². The van der Waals surface area contributed by atoms with Gasteiger partial charge in [-0.25, -0.2) is 0 Å². The van der Waals surface area contributed by atoms with Crippen LogP contribution in [-0.2, 0) is 28.6 Å². The Hall–Kier alpha value is -2.37. The molecule has 0 aliphatic carbocycles. The minimum absolute atomic E-state index is 0.0758. The molecule has 0 saturated carbocycles. The first-order chi connectivity index (χ1) is 41.0. The molecule has 0 bridgehead atoms. The van der Waals surface area contributed by atoms with E-state index in [1.165, 1.54) is 295 Å². The highest BCUT2D eigenvalue weighted by atomic mass is 16.6. The van der Waals surface area contributed by atoms with Crippen LogP contribution in [0.15, 0.2) is 36.5 Å². The molecule has 6 nitrogen and oxygen atoms in total. The topological polar surface area (TPSA) is 78.9 Å². The van der Waals surface area contributed by atoms with Crippen LogP contribution in [0.1, 0.15) is 419 Å². The van der Waals surface area contributed by atoms with Crippen LogP contribution in [0.25, 0.3) is 0 Å². The molecule has 0 heterocycles. The van der Waals surface area contributed by atoms with Gasteiger partial charge < -0.3 is 14.2 Å². The molecule has 83 heavy (non-hydrogen) atoms. The summed E-state index contributed by atoms with van der Waals surface area (Å²) >= 11 is 0. The highest BCUT2D eigenvalue weighted by Gasteiger charge is 2.20. The van der Waals surface area contributed by atoms with E-state index in [0.717, 1.165) is 83.5 Å². The van der Waals surface area contributed by atoms with Crippen LogP contribution in [0, 0.1) is 0 Å². The van der Waals surface area contributed by atoms with Gasteiger partial charge in [0.25, 0.3) is 0 Å². The van der Waals surface area contributed by atoms with Gasteiger partial charge in [-0.2, -0.15) is 0 Å². The van der Waals surface area contributed by atoms with Crippen LogP contribution in [0.3, 0.4) is 0 Å². The van der Waals surface area contributed by atoms with Gasteiger partial charge in [0, 0.05) is 19.3 Å². The maximum Gasteiger partial charge on any atom is 0.306 e. The van der Waals surface area contributed by atoms with E-state index in [2.05, 4.69) is 57.2 Å². The highest BCUT2D eigenvalue weighted by molar-refractivity contribution is 5.71. The molecule has 488 valence electrons. The third-order valence-electron chi connectivity index (χ3n) is 17.2. The molecule has 0 aliphatic rings. The molecule has 0 aromatic carbocycles. The van der Waals surface area contributed by atoms with Gasteiger partial charge >= 0.3 is 17.9 Å². The van der Waals surface area contributed by atoms with Gasteiger partial charge in [-0.15, -0.1) is 0 Å². The van der Waals surface area contributed by atoms with Gasteiger partial charge in [0.1, 0.15) is 13.2 Å². The van der Waals surface area contributed by atoms with Gasteiger partial charge in [-0.1, -0.05) is 385 Å². The molecule has 0 N–H and O–H groups in total. The van der Waals surface area contributed by atoms with E-state index in [-0.39, 0.29) is 31.1 Å². The number of allylic oxidation sites excluding steroid dienone is 6. The van der Waals surface area contributed by atoms with E-state index in [4.69, 9.17) is 14.2 Å². The zero-order chi connectivity index (χ0) is 59.9. The van der Waals surface area contributed by atoms with E-state index in [0.29, 0.717) is 19.3 Å². The van der Waals surface area contributed by atoms with Crippen molar-refractivity contribution in [2.75, 3.05) is 13.2 Å². The van der Waals surface area contributed by atoms with Gasteiger partial charge in [0.2, 0.25) is 0 Å². The molecule has 0 aromatic rings. The molecule has 1 unspecified atom stereocenters. The SMILES string of the molecule is CC/C=C\C/C=C\C/C=C\CCCCCC(=O)OCC(COC(=O)CCCCCCCCCCCCCCCCCCCCCCCCCCCCCCCCCCCC)OC(=O)CCCCCCCCCCCCCCCCCCCC. The summed E-state index contributed by atoms with van der Waals surface area (Å²) in [5.74, 6) is -0.877. The highest BCUT2D eigenvalue weighted by Crippen LogP contribution is 2.20. The monoisotopic (exact) mass is 1170 g/mol. The molecule has 0 aliphatic heterocycles. The fraction of sp³-hybridized carbons (Fsp3) is 0.883. The molecule has 0 amide bonds. The summed E-state index contributed by atoms with van der Waals surface area (Å²) in [4.78, 5) is 38.4. The van der Waals surface area contributed by atoms with E-state index < -0.39 is 6.10 Å². The standard InChI is InChI=1S/C77H144O6/c1-4-7-10-13-16-19-22-25-27-29-31-32-33-34-35-36-37-38-39-40-41-42-43-44-45-46-48-49-52-55-58-61-64-67-70-76(79)82-73-74(72-81-75(78)69-66-63-60-57-54-51-24-21-18-15-12-9-6-3)83-77(80)71-68-65-62-59-56-53-50-47-30-28-26-23-20-17-14-11-8-5-2/h9,12,18,21,51,54,74H,4-8,10-11,13-17,19-20,22-50,52-53,55-73H2,1-3H3/b12-9-,21-18-,54-51-. The largest absolute Gasteiger partial charge is 0.462 e. The lowest BCUT2D eigenvalue weighted by atomic mass is 10.0. The Kier molecular flexibility index (Phi) is 70.0. The number of carbonyl (C=O) groups is 3. The van der Waals surface area contributed by atoms with E-state index in [9.17, 15) is 14.4 Å². The number of carbonyl (C=O) groups excluding carboxylic acids is 3. The zero-order valence-corrected chi connectivity index (χ0v) is 56.2. The zero-order valence-electron chi connectivity index (χ0n) is 56.2. The van der Waals surface area contributed by atoms with Crippen molar-refractivity contribution < 1.29 is 28.6 Å². The average molecular weight is 1170 g/mol. The number of hydrogen-bond acceptors (Lipinski definition) is 6. The first kappa shape index (κ1) is 80.6. The van der Waals surface area contributed by atoms with Crippen molar-refractivity contribution in [2.45, 2.75) is 425 Å². The number of ether oxygens (including phenoxy) is 3. The normalized spacial score (nSPS) is 12.2. The fourth-order valence-corrected chi connectivity index (χ4v) is 11.6. The molecule has 0 saturated heterocycles. The van der Waals surface area contributed by atoms with Crippen molar-refractivity contribution in [3.05, 3.63) is 36.5 Å². The Morgan fingerprint density at radius 2 is 0.470 bits per heavy atom. The van der Waals surface area contributed by atoms with Crippen molar-refractivity contribution >= 4 is 17.9 Å². The Morgan fingerprint density at radius 1 is 0.253 bits per heavy atom. The van der Waals surface area contributed by atoms with Gasteiger partial charge in [0.05, 0.1) is 0 Å². The summed E-state index contributed by atoms with van der Waals surface area (Å²) in [6, 6.07) is 0. The average Bonchev–Trinajstić information content (AvgIpc) is 3.50. The van der Waals surface area contributed by atoms with Crippen LogP contribution >= 0.6 is 0 Å². The first-order valence-electron chi connectivity index (χ1n) is 37.5. The third-order valence-corrected chi connectivity index (χ3v) is 17.2. The summed E-state index contributed by atoms with van der Waals surface area (Å²) in [6.45, 7) is 6.58. The number of hydrogen-bond donors (Lipinski definition) is 0. The Bertz CT molecular complexity index is 1380. The van der Waals surface area contributed by atoms with Crippen LogP contribution in [0.5, 0.6) is 0 Å². The van der Waals surface area contributed by atoms with Crippen molar-refractivity contribution in [1.29, 1.82) is 0 Å². The fourth-order valence-electron chi connectivity index (χ4n) is 11.6. The molecule has 6 heteroatoms. The molecule has 0 rings (SSSR count). The lowest BCUT2D eigenvalue weighted by Gasteiger charge is -2.18. The molecule has 0 aromatic heterocycles. The van der Waals surface area contributed by atoms with E-state index >= 15 is 0 Å². The number of esters is 3. The maximum atomic E-state index is 12.9. The maximum absolute atomic E-state index is 12.9. The minimum atomic E-state index is -0.782. The lowest BCUT2D eigenvalue weighted by molar-refractivity contribution is -0.167. The lowest BCUT2D eigenvalue weighted by Crippen LogP contribution is -2.30. The second-order valence-corrected chi connectivity index (χ2v) is 25.5. The molecule has 0 radical (unpaired) electrons. The summed E-state index contributed by atoms with van der Waals surface area (Å²) in [7, 11) is 0. The van der Waals surface area contributed by atoms with Gasteiger partial charge in [0.15, 0.2) is 6.10 Å². The first-order valence-corrected chi connectivity index (χ1v) is 37.5. The number of unbranched alkanes of at least 4 members (excludes halogenated alkanes) is 53. The van der Waals surface area contributed by atoms with Crippen LogP contribution < -0.4 is 0 Å². The van der Waals surface area contributed by atoms with Gasteiger partial charge in [-0.3, -0.25) is 14.4 Å². The van der Waals surface area contributed by atoms with E-state index in [1.807, 2.05) is 0 Å². The predicted molar refractivity (Wildman–Crippen MR) is 362 cm³/mol. The molecule has 0 spiro atoms. The number of rotatable bonds is 70.